The maximum atomic E-state index is 13.0. The third kappa shape index (κ3) is 1.42. The Kier molecular flexibility index (Phi) is 2.52. The summed E-state index contributed by atoms with van der Waals surface area (Å²) in [6.07, 6.45) is 0.827. The summed E-state index contributed by atoms with van der Waals surface area (Å²) in [5.41, 5.74) is 1.97. The van der Waals surface area contributed by atoms with Gasteiger partial charge in [-0.3, -0.25) is 0 Å². The van der Waals surface area contributed by atoms with Gasteiger partial charge in [-0.15, -0.1) is 11.3 Å². The molecule has 0 aliphatic rings. The molecule has 0 amide bonds. The second kappa shape index (κ2) is 3.67. The first kappa shape index (κ1) is 9.62. The number of aliphatic hydroxyl groups excluding tert-OH is 1. The lowest BCUT2D eigenvalue weighted by atomic mass is 10.0. The fourth-order valence-corrected chi connectivity index (χ4v) is 2.73. The van der Waals surface area contributed by atoms with Crippen molar-refractivity contribution >= 4 is 21.4 Å². The SMILES string of the molecule is CCc1c(CO)ccc2cc(F)sc12. The van der Waals surface area contributed by atoms with Crippen molar-refractivity contribution in [1.82, 2.24) is 0 Å². The second-order valence-corrected chi connectivity index (χ2v) is 4.19. The first-order chi connectivity index (χ1) is 6.76. The maximum Gasteiger partial charge on any atom is 0.177 e. The van der Waals surface area contributed by atoms with Crippen LogP contribution in [0.4, 0.5) is 4.39 Å². The molecule has 0 atom stereocenters. The van der Waals surface area contributed by atoms with Gasteiger partial charge >= 0.3 is 0 Å². The minimum atomic E-state index is -0.162. The van der Waals surface area contributed by atoms with Gasteiger partial charge in [0, 0.05) is 4.70 Å². The van der Waals surface area contributed by atoms with Gasteiger partial charge in [0.2, 0.25) is 0 Å². The third-order valence-electron chi connectivity index (χ3n) is 2.38. The number of halogens is 1. The molecule has 1 N–H and O–H groups in total. The highest BCUT2D eigenvalue weighted by Crippen LogP contribution is 2.30. The number of hydrogen-bond donors (Lipinski definition) is 1. The Bertz CT molecular complexity index is 462. The summed E-state index contributed by atoms with van der Waals surface area (Å²) in [6.45, 7) is 2.05. The van der Waals surface area contributed by atoms with E-state index in [0.29, 0.717) is 0 Å². The van der Waals surface area contributed by atoms with Crippen molar-refractivity contribution in [3.8, 4) is 0 Å². The molecule has 2 rings (SSSR count). The van der Waals surface area contributed by atoms with Crippen molar-refractivity contribution < 1.29 is 9.50 Å². The van der Waals surface area contributed by atoms with Crippen LogP contribution in [0.15, 0.2) is 18.2 Å². The lowest BCUT2D eigenvalue weighted by Crippen LogP contribution is -1.91. The molecule has 74 valence electrons. The molecule has 0 aliphatic heterocycles. The molecule has 1 aromatic heterocycles. The molecular formula is C11H11FOS. The van der Waals surface area contributed by atoms with Crippen LogP contribution in [-0.4, -0.2) is 5.11 Å². The maximum absolute atomic E-state index is 13.0. The fourth-order valence-electron chi connectivity index (χ4n) is 1.71. The molecular weight excluding hydrogens is 199 g/mol. The fraction of sp³-hybridized carbons (Fsp3) is 0.273. The number of hydrogen-bond acceptors (Lipinski definition) is 2. The van der Waals surface area contributed by atoms with Crippen LogP contribution in [0.1, 0.15) is 18.1 Å². The summed E-state index contributed by atoms with van der Waals surface area (Å²) in [6, 6.07) is 5.27. The minimum Gasteiger partial charge on any atom is -0.392 e. The van der Waals surface area contributed by atoms with Gasteiger partial charge in [0.1, 0.15) is 0 Å². The number of aliphatic hydroxyl groups is 1. The predicted octanol–water partition coefficient (Wildman–Crippen LogP) is 3.10. The molecule has 0 saturated heterocycles. The zero-order valence-corrected chi connectivity index (χ0v) is 8.70. The molecule has 0 radical (unpaired) electrons. The van der Waals surface area contributed by atoms with Crippen molar-refractivity contribution in [2.45, 2.75) is 20.0 Å². The lowest BCUT2D eigenvalue weighted by molar-refractivity contribution is 0.281. The van der Waals surface area contributed by atoms with E-state index in [9.17, 15) is 4.39 Å². The second-order valence-electron chi connectivity index (χ2n) is 3.18. The minimum absolute atomic E-state index is 0.0264. The van der Waals surface area contributed by atoms with Crippen molar-refractivity contribution in [1.29, 1.82) is 0 Å². The molecule has 1 aromatic carbocycles. The topological polar surface area (TPSA) is 20.2 Å². The molecule has 3 heteroatoms. The van der Waals surface area contributed by atoms with Gasteiger partial charge in [0.05, 0.1) is 6.61 Å². The van der Waals surface area contributed by atoms with Crippen LogP contribution in [0.25, 0.3) is 10.1 Å². The van der Waals surface area contributed by atoms with Gasteiger partial charge in [-0.2, -0.15) is 4.39 Å². The number of thiophene rings is 1. The highest BCUT2D eigenvalue weighted by Gasteiger charge is 2.08. The van der Waals surface area contributed by atoms with E-state index in [1.54, 1.807) is 6.07 Å². The van der Waals surface area contributed by atoms with Gasteiger partial charge in [0.25, 0.3) is 0 Å². The summed E-state index contributed by atoms with van der Waals surface area (Å²) in [5, 5.41) is 9.90. The monoisotopic (exact) mass is 210 g/mol. The predicted molar refractivity (Wildman–Crippen MR) is 57.1 cm³/mol. The normalized spacial score (nSPS) is 11.1. The molecule has 1 nitrogen and oxygen atoms in total. The Balaban J connectivity index is 2.75. The third-order valence-corrected chi connectivity index (χ3v) is 3.38. The number of fused-ring (bicyclic) bond motifs is 1. The Morgan fingerprint density at radius 1 is 1.43 bits per heavy atom. The molecule has 1 heterocycles. The highest BCUT2D eigenvalue weighted by molar-refractivity contribution is 7.17. The molecule has 2 aromatic rings. The van der Waals surface area contributed by atoms with E-state index in [0.717, 1.165) is 39.0 Å². The van der Waals surface area contributed by atoms with E-state index < -0.39 is 0 Å². The lowest BCUT2D eigenvalue weighted by Gasteiger charge is -2.05. The molecule has 0 unspecified atom stereocenters. The first-order valence-electron chi connectivity index (χ1n) is 4.57. The van der Waals surface area contributed by atoms with E-state index >= 15 is 0 Å². The quantitative estimate of drug-likeness (QED) is 0.807. The van der Waals surface area contributed by atoms with Crippen molar-refractivity contribution in [3.63, 3.8) is 0 Å². The van der Waals surface area contributed by atoms with E-state index in [1.165, 1.54) is 0 Å². The van der Waals surface area contributed by atoms with Crippen LogP contribution in [0, 0.1) is 5.13 Å². The Hall–Kier alpha value is -0.930. The van der Waals surface area contributed by atoms with Crippen LogP contribution in [0.2, 0.25) is 0 Å². The van der Waals surface area contributed by atoms with Crippen LogP contribution < -0.4 is 0 Å². The molecule has 0 bridgehead atoms. The van der Waals surface area contributed by atoms with Crippen LogP contribution in [0.5, 0.6) is 0 Å². The largest absolute Gasteiger partial charge is 0.392 e. The average Bonchev–Trinajstić information content (AvgIpc) is 2.56. The van der Waals surface area contributed by atoms with E-state index in [-0.39, 0.29) is 11.7 Å². The molecule has 0 spiro atoms. The van der Waals surface area contributed by atoms with Crippen molar-refractivity contribution in [3.05, 3.63) is 34.5 Å². The molecule has 0 fully saturated rings. The summed E-state index contributed by atoms with van der Waals surface area (Å²) >= 11 is 1.16. The van der Waals surface area contributed by atoms with Gasteiger partial charge in [-0.25, -0.2) is 0 Å². The van der Waals surface area contributed by atoms with Crippen LogP contribution in [0.3, 0.4) is 0 Å². The Morgan fingerprint density at radius 3 is 2.86 bits per heavy atom. The Morgan fingerprint density at radius 2 is 2.21 bits per heavy atom. The standard InChI is InChI=1S/C11H11FOS/c1-2-9-8(6-13)4-3-7-5-10(12)14-11(7)9/h3-5,13H,2,6H2,1H3. The highest BCUT2D eigenvalue weighted by atomic mass is 32.1. The van der Waals surface area contributed by atoms with E-state index in [1.807, 2.05) is 19.1 Å². The summed E-state index contributed by atoms with van der Waals surface area (Å²) < 4.78 is 14.0. The van der Waals surface area contributed by atoms with Crippen molar-refractivity contribution in [2.24, 2.45) is 0 Å². The number of aryl methyl sites for hydroxylation is 1. The molecule has 0 saturated carbocycles. The van der Waals surface area contributed by atoms with Gasteiger partial charge in [-0.1, -0.05) is 19.1 Å². The van der Waals surface area contributed by atoms with E-state index in [4.69, 9.17) is 5.11 Å². The zero-order chi connectivity index (χ0) is 10.1. The smallest absolute Gasteiger partial charge is 0.177 e. The first-order valence-corrected chi connectivity index (χ1v) is 5.38. The summed E-state index contributed by atoms with van der Waals surface area (Å²) in [5.74, 6) is 0. The zero-order valence-electron chi connectivity index (χ0n) is 7.88. The van der Waals surface area contributed by atoms with Crippen LogP contribution >= 0.6 is 11.3 Å². The van der Waals surface area contributed by atoms with Gasteiger partial charge in [0.15, 0.2) is 5.13 Å². The molecule has 0 aliphatic carbocycles. The van der Waals surface area contributed by atoms with E-state index in [2.05, 4.69) is 0 Å². The summed E-state index contributed by atoms with van der Waals surface area (Å²) in [7, 11) is 0. The van der Waals surface area contributed by atoms with Gasteiger partial charge in [-0.05, 0) is 29.0 Å². The average molecular weight is 210 g/mol. The Labute approximate surface area is 85.8 Å². The van der Waals surface area contributed by atoms with Crippen molar-refractivity contribution in [2.75, 3.05) is 0 Å². The number of benzene rings is 1. The van der Waals surface area contributed by atoms with Gasteiger partial charge < -0.3 is 5.11 Å². The number of rotatable bonds is 2. The molecule has 14 heavy (non-hydrogen) atoms. The van der Waals surface area contributed by atoms with Crippen LogP contribution in [-0.2, 0) is 13.0 Å². The summed E-state index contributed by atoms with van der Waals surface area (Å²) in [4.78, 5) is 0.